The number of nitrogens with zero attached hydrogens (tertiary/aromatic N) is 1. The van der Waals surface area contributed by atoms with Crippen molar-refractivity contribution < 1.29 is 24.1 Å². The van der Waals surface area contributed by atoms with Crippen molar-refractivity contribution in [2.45, 2.75) is 62.1 Å². The molecule has 2 aliphatic heterocycles. The van der Waals surface area contributed by atoms with E-state index in [1.807, 2.05) is 17.9 Å². The van der Waals surface area contributed by atoms with Crippen LogP contribution in [0.15, 0.2) is 10.5 Å². The zero-order valence-corrected chi connectivity index (χ0v) is 19.0. The first-order valence-electron chi connectivity index (χ1n) is 9.76. The van der Waals surface area contributed by atoms with Crippen LogP contribution in [-0.4, -0.2) is 59.4 Å². The van der Waals surface area contributed by atoms with Gasteiger partial charge < -0.3 is 24.2 Å². The van der Waals surface area contributed by atoms with Crippen LogP contribution in [0.4, 0.5) is 4.79 Å². The molecular weight excluding hydrogens is 506 g/mol. The van der Waals surface area contributed by atoms with Gasteiger partial charge in [-0.05, 0) is 43.7 Å². The summed E-state index contributed by atoms with van der Waals surface area (Å²) in [6.07, 6.45) is 1.06. The molecule has 1 spiro atoms. The molecule has 8 heteroatoms. The van der Waals surface area contributed by atoms with Gasteiger partial charge in [-0.1, -0.05) is 39.3 Å². The van der Waals surface area contributed by atoms with Gasteiger partial charge in [-0.25, -0.2) is 4.79 Å². The van der Waals surface area contributed by atoms with E-state index in [1.165, 1.54) is 5.56 Å². The molecule has 1 saturated heterocycles. The van der Waals surface area contributed by atoms with E-state index < -0.39 is 6.10 Å². The Morgan fingerprint density at radius 3 is 2.93 bits per heavy atom. The fraction of sp³-hybridized carbons (Fsp3) is 0.667. The number of hydrogen-bond donors (Lipinski definition) is 1. The molecule has 1 aromatic carbocycles. The number of aliphatic hydroxyl groups is 1. The maximum absolute atomic E-state index is 12.7. The lowest BCUT2D eigenvalue weighted by molar-refractivity contribution is -0.0954. The number of amides is 1. The highest BCUT2D eigenvalue weighted by Gasteiger charge is 2.68. The fourth-order valence-corrected chi connectivity index (χ4v) is 7.32. The van der Waals surface area contributed by atoms with Gasteiger partial charge in [0.05, 0.1) is 13.7 Å². The molecule has 29 heavy (non-hydrogen) atoms. The van der Waals surface area contributed by atoms with Crippen molar-refractivity contribution >= 4 is 38.0 Å². The van der Waals surface area contributed by atoms with Crippen LogP contribution in [0, 0.1) is 5.92 Å². The van der Waals surface area contributed by atoms with Gasteiger partial charge in [-0.2, -0.15) is 0 Å². The summed E-state index contributed by atoms with van der Waals surface area (Å²) < 4.78 is 18.4. The molecule has 0 aromatic heterocycles. The summed E-state index contributed by atoms with van der Waals surface area (Å²) >= 11 is 7.39. The molecule has 1 amide bonds. The molecule has 5 rings (SSSR count). The maximum Gasteiger partial charge on any atom is 0.410 e. The number of hydrogen-bond acceptors (Lipinski definition) is 5. The highest BCUT2D eigenvalue weighted by molar-refractivity contribution is 9.10. The predicted molar refractivity (Wildman–Crippen MR) is 116 cm³/mol. The molecule has 2 aliphatic carbocycles. The monoisotopic (exact) mass is 531 g/mol. The summed E-state index contributed by atoms with van der Waals surface area (Å²) in [5.74, 6) is 1.65. The molecule has 160 valence electrons. The number of carbonyl (C=O) groups is 1. The van der Waals surface area contributed by atoms with E-state index in [0.29, 0.717) is 18.9 Å². The second kappa shape index (κ2) is 7.31. The van der Waals surface area contributed by atoms with Crippen molar-refractivity contribution in [3.05, 3.63) is 21.7 Å². The summed E-state index contributed by atoms with van der Waals surface area (Å²) in [6.45, 7) is 2.80. The quantitative estimate of drug-likeness (QED) is 0.582. The third kappa shape index (κ3) is 2.64. The number of aliphatic hydroxyl groups excluding tert-OH is 1. The molecular formula is C21H27Br2NO5. The molecule has 0 radical (unpaired) electrons. The lowest BCUT2D eigenvalue weighted by Crippen LogP contribution is -2.69. The summed E-state index contributed by atoms with van der Waals surface area (Å²) in [4.78, 5) is 14.5. The molecule has 1 N–H and O–H groups in total. The highest BCUT2D eigenvalue weighted by Crippen LogP contribution is 2.65. The van der Waals surface area contributed by atoms with E-state index in [0.717, 1.165) is 35.0 Å². The van der Waals surface area contributed by atoms with E-state index in [1.54, 1.807) is 7.11 Å². The minimum atomic E-state index is -0.618. The molecule has 1 saturated carbocycles. The zero-order valence-electron chi connectivity index (χ0n) is 15.8. The fourth-order valence-electron chi connectivity index (χ4n) is 6.07. The van der Waals surface area contributed by atoms with Crippen LogP contribution >= 0.6 is 31.9 Å². The number of benzene rings is 1. The van der Waals surface area contributed by atoms with Gasteiger partial charge in [0.25, 0.3) is 0 Å². The van der Waals surface area contributed by atoms with Crippen molar-refractivity contribution in [1.82, 2.24) is 4.90 Å². The summed E-state index contributed by atoms with van der Waals surface area (Å²) in [5.41, 5.74) is 2.03. The third-order valence-corrected chi connectivity index (χ3v) is 8.73. The van der Waals surface area contributed by atoms with Crippen LogP contribution in [0.5, 0.6) is 11.5 Å². The molecule has 4 aliphatic rings. The van der Waals surface area contributed by atoms with Crippen LogP contribution in [0.1, 0.15) is 38.3 Å². The van der Waals surface area contributed by atoms with Gasteiger partial charge in [-0.15, -0.1) is 0 Å². The second-order valence-electron chi connectivity index (χ2n) is 8.08. The average Bonchev–Trinajstić information content (AvgIpc) is 3.00. The van der Waals surface area contributed by atoms with Crippen LogP contribution in [0.3, 0.4) is 0 Å². The standard InChI is InChI=1S/C20H23Br2NO5.CH4/c1-3-27-19(25)23-5-4-20-10-7-12(22)16(24)18(20)28-17-14(26-2)8-11(21)9(15(17)20)6-13(10)23;/h8,10,12-13,16,18,24H,3-7H2,1-2H3;1H4/t10-,12+,13+,16-,18-,20-;/m0./s1. The lowest BCUT2D eigenvalue weighted by Gasteiger charge is -2.59. The first-order chi connectivity index (χ1) is 13.4. The van der Waals surface area contributed by atoms with Gasteiger partial charge in [-0.3, -0.25) is 0 Å². The molecule has 2 bridgehead atoms. The number of halogens is 2. The Bertz CT molecular complexity index is 849. The molecule has 6 nitrogen and oxygen atoms in total. The largest absolute Gasteiger partial charge is 0.493 e. The van der Waals surface area contributed by atoms with Crippen LogP contribution in [0.25, 0.3) is 0 Å². The zero-order chi connectivity index (χ0) is 19.8. The number of methoxy groups -OCH3 is 1. The lowest BCUT2D eigenvalue weighted by atomic mass is 9.51. The number of rotatable bonds is 2. The Morgan fingerprint density at radius 1 is 1.48 bits per heavy atom. The van der Waals surface area contributed by atoms with E-state index in [-0.39, 0.29) is 41.8 Å². The Balaban J connectivity index is 0.00000205. The number of ether oxygens (including phenoxy) is 3. The van der Waals surface area contributed by atoms with Crippen molar-refractivity contribution in [2.24, 2.45) is 5.92 Å². The van der Waals surface area contributed by atoms with Gasteiger partial charge in [0, 0.05) is 32.9 Å². The molecule has 0 unspecified atom stereocenters. The Hall–Kier alpha value is -0.990. The topological polar surface area (TPSA) is 68.2 Å². The Kier molecular flexibility index (Phi) is 5.35. The summed E-state index contributed by atoms with van der Waals surface area (Å²) in [7, 11) is 1.64. The van der Waals surface area contributed by atoms with Gasteiger partial charge >= 0.3 is 6.09 Å². The van der Waals surface area contributed by atoms with Crippen LogP contribution in [0.2, 0.25) is 0 Å². The van der Waals surface area contributed by atoms with Gasteiger partial charge in [0.1, 0.15) is 12.2 Å². The van der Waals surface area contributed by atoms with E-state index in [9.17, 15) is 9.90 Å². The number of alkyl halides is 1. The predicted octanol–water partition coefficient (Wildman–Crippen LogP) is 4.02. The third-order valence-electron chi connectivity index (χ3n) is 7.10. The highest BCUT2D eigenvalue weighted by atomic mass is 79.9. The van der Waals surface area contributed by atoms with E-state index in [4.69, 9.17) is 14.2 Å². The molecule has 2 fully saturated rings. The SMILES string of the molecule is C.CCOC(=O)N1CC[C@]23c4c5c(Br)cc(OC)c4O[C@H]2[C@@H](O)[C@H](Br)C[C@H]3[C@H]1C5. The van der Waals surface area contributed by atoms with Crippen molar-refractivity contribution in [3.8, 4) is 11.5 Å². The van der Waals surface area contributed by atoms with E-state index in [2.05, 4.69) is 31.9 Å². The molecule has 1 aromatic rings. The number of carbonyl (C=O) groups excluding carboxylic acids is 1. The first-order valence-corrected chi connectivity index (χ1v) is 11.5. The van der Waals surface area contributed by atoms with E-state index >= 15 is 0 Å². The number of piperidine rings is 1. The summed E-state index contributed by atoms with van der Waals surface area (Å²) in [5, 5.41) is 11.0. The van der Waals surface area contributed by atoms with Gasteiger partial charge in [0.2, 0.25) is 0 Å². The Morgan fingerprint density at radius 2 is 2.24 bits per heavy atom. The second-order valence-corrected chi connectivity index (χ2v) is 10.1. The normalized spacial score (nSPS) is 35.9. The smallest absolute Gasteiger partial charge is 0.410 e. The minimum absolute atomic E-state index is 0. The van der Waals surface area contributed by atoms with Crippen LogP contribution in [-0.2, 0) is 16.6 Å². The summed E-state index contributed by atoms with van der Waals surface area (Å²) in [6, 6.07) is 1.96. The first kappa shape index (κ1) is 21.2. The maximum atomic E-state index is 12.7. The van der Waals surface area contributed by atoms with Crippen LogP contribution < -0.4 is 9.47 Å². The number of likely N-dealkylation sites (tertiary alicyclic amines) is 1. The minimum Gasteiger partial charge on any atom is -0.493 e. The van der Waals surface area contributed by atoms with Crippen molar-refractivity contribution in [3.63, 3.8) is 0 Å². The average molecular weight is 533 g/mol. The van der Waals surface area contributed by atoms with Crippen molar-refractivity contribution in [1.29, 1.82) is 0 Å². The van der Waals surface area contributed by atoms with Crippen molar-refractivity contribution in [2.75, 3.05) is 20.3 Å². The molecule has 6 atom stereocenters. The Labute approximate surface area is 188 Å². The van der Waals surface area contributed by atoms with Gasteiger partial charge in [0.15, 0.2) is 11.5 Å². The molecule has 2 heterocycles.